The first kappa shape index (κ1) is 19.0. The zero-order valence-electron chi connectivity index (χ0n) is 12.8. The van der Waals surface area contributed by atoms with E-state index in [1.165, 1.54) is 12.1 Å². The zero-order valence-corrected chi connectivity index (χ0v) is 15.1. The number of nitrogens with zero attached hydrogens (tertiary/aromatic N) is 3. The van der Waals surface area contributed by atoms with Crippen LogP contribution in [0, 0.1) is 11.7 Å². The molecule has 0 bridgehead atoms. The van der Waals surface area contributed by atoms with Crippen LogP contribution in [-0.4, -0.2) is 55.3 Å². The number of aliphatic hydroxyl groups is 1. The molecule has 1 aliphatic rings. The highest BCUT2D eigenvalue weighted by Crippen LogP contribution is 2.16. The summed E-state index contributed by atoms with van der Waals surface area (Å²) in [6.07, 6.45) is 0. The largest absolute Gasteiger partial charge is 0.396 e. The first-order chi connectivity index (χ1) is 10.1. The lowest BCUT2D eigenvalue weighted by Gasteiger charge is -2.36. The Morgan fingerprint density at radius 1 is 1.27 bits per heavy atom. The minimum Gasteiger partial charge on any atom is -0.396 e. The zero-order chi connectivity index (χ0) is 15.2. The minimum atomic E-state index is -0.216. The fourth-order valence-electron chi connectivity index (χ4n) is 2.25. The second kappa shape index (κ2) is 9.14. The molecule has 1 unspecified atom stereocenters. The van der Waals surface area contributed by atoms with E-state index >= 15 is 0 Å². The van der Waals surface area contributed by atoms with Gasteiger partial charge in [-0.05, 0) is 30.2 Å². The Kier molecular flexibility index (Phi) is 7.88. The molecule has 7 heteroatoms. The first-order valence-electron chi connectivity index (χ1n) is 7.26. The number of nitrogens with two attached hydrogens (primary N) is 1. The number of aliphatic hydroxyl groups excluding tert-OH is 1. The standard InChI is InChI=1S/C15H23FN4O.HI/c1-12(11-21)10-18-15(17)20-8-6-19(7-9-20)14-4-2-13(16)3-5-14;/h2-5,12,21H,6-11H2,1H3,(H2,17,18);1H. The van der Waals surface area contributed by atoms with Crippen LogP contribution in [0.3, 0.4) is 0 Å². The van der Waals surface area contributed by atoms with Gasteiger partial charge in [0.25, 0.3) is 0 Å². The van der Waals surface area contributed by atoms with Gasteiger partial charge in [0.05, 0.1) is 0 Å². The minimum absolute atomic E-state index is 0. The van der Waals surface area contributed by atoms with Crippen molar-refractivity contribution in [2.24, 2.45) is 16.6 Å². The molecular weight excluding hydrogens is 398 g/mol. The number of aliphatic imine (C=N–C) groups is 1. The van der Waals surface area contributed by atoms with Gasteiger partial charge in [0.15, 0.2) is 5.96 Å². The van der Waals surface area contributed by atoms with Crippen molar-refractivity contribution < 1.29 is 9.50 Å². The molecule has 0 saturated carbocycles. The maximum absolute atomic E-state index is 12.9. The van der Waals surface area contributed by atoms with Gasteiger partial charge in [0, 0.05) is 45.0 Å². The van der Waals surface area contributed by atoms with E-state index in [0.29, 0.717) is 12.5 Å². The third-order valence-electron chi connectivity index (χ3n) is 3.67. The smallest absolute Gasteiger partial charge is 0.191 e. The lowest BCUT2D eigenvalue weighted by molar-refractivity contribution is 0.241. The van der Waals surface area contributed by atoms with Crippen LogP contribution in [0.15, 0.2) is 29.3 Å². The molecule has 0 aromatic heterocycles. The number of anilines is 1. The average Bonchev–Trinajstić information content (AvgIpc) is 2.53. The summed E-state index contributed by atoms with van der Waals surface area (Å²) >= 11 is 0. The van der Waals surface area contributed by atoms with Crippen molar-refractivity contribution in [1.29, 1.82) is 0 Å². The molecule has 1 heterocycles. The predicted octanol–water partition coefficient (Wildman–Crippen LogP) is 1.51. The van der Waals surface area contributed by atoms with Crippen LogP contribution < -0.4 is 10.6 Å². The molecule has 5 nitrogen and oxygen atoms in total. The molecule has 1 saturated heterocycles. The number of piperazine rings is 1. The lowest BCUT2D eigenvalue weighted by atomic mass is 10.2. The lowest BCUT2D eigenvalue weighted by Crippen LogP contribution is -2.51. The molecule has 2 rings (SSSR count). The predicted molar refractivity (Wildman–Crippen MR) is 98.3 cm³/mol. The Hall–Kier alpha value is -1.09. The van der Waals surface area contributed by atoms with Crippen molar-refractivity contribution in [3.05, 3.63) is 30.1 Å². The van der Waals surface area contributed by atoms with E-state index < -0.39 is 0 Å². The molecule has 0 radical (unpaired) electrons. The Morgan fingerprint density at radius 3 is 2.41 bits per heavy atom. The Balaban J connectivity index is 0.00000242. The summed E-state index contributed by atoms with van der Waals surface area (Å²) in [4.78, 5) is 8.57. The third kappa shape index (κ3) is 5.28. The highest BCUT2D eigenvalue weighted by Gasteiger charge is 2.18. The molecule has 0 amide bonds. The van der Waals surface area contributed by atoms with E-state index in [1.807, 2.05) is 11.8 Å². The summed E-state index contributed by atoms with van der Waals surface area (Å²) in [5.41, 5.74) is 7.01. The monoisotopic (exact) mass is 422 g/mol. The topological polar surface area (TPSA) is 65.1 Å². The average molecular weight is 422 g/mol. The summed E-state index contributed by atoms with van der Waals surface area (Å²) in [6, 6.07) is 6.55. The molecule has 1 atom stereocenters. The SMILES string of the molecule is CC(CO)CN=C(N)N1CCN(c2ccc(F)cc2)CC1.I. The van der Waals surface area contributed by atoms with Crippen LogP contribution in [0.2, 0.25) is 0 Å². The maximum Gasteiger partial charge on any atom is 0.191 e. The molecule has 22 heavy (non-hydrogen) atoms. The Labute approximate surface area is 148 Å². The normalized spacial score (nSPS) is 17.1. The van der Waals surface area contributed by atoms with Crippen molar-refractivity contribution in [1.82, 2.24) is 4.90 Å². The molecule has 0 spiro atoms. The van der Waals surface area contributed by atoms with Crippen LogP contribution in [-0.2, 0) is 0 Å². The quantitative estimate of drug-likeness (QED) is 0.439. The van der Waals surface area contributed by atoms with Crippen molar-refractivity contribution in [3.63, 3.8) is 0 Å². The van der Waals surface area contributed by atoms with Gasteiger partial charge in [-0.2, -0.15) is 0 Å². The van der Waals surface area contributed by atoms with E-state index in [0.717, 1.165) is 31.9 Å². The van der Waals surface area contributed by atoms with Crippen LogP contribution >= 0.6 is 24.0 Å². The van der Waals surface area contributed by atoms with Crippen LogP contribution in [0.1, 0.15) is 6.92 Å². The van der Waals surface area contributed by atoms with Crippen LogP contribution in [0.5, 0.6) is 0 Å². The molecule has 3 N–H and O–H groups in total. The summed E-state index contributed by atoms with van der Waals surface area (Å²) in [5.74, 6) is 0.449. The second-order valence-corrected chi connectivity index (χ2v) is 5.44. The fraction of sp³-hybridized carbons (Fsp3) is 0.533. The number of benzene rings is 1. The molecular formula is C15H24FIN4O. The molecule has 124 valence electrons. The highest BCUT2D eigenvalue weighted by molar-refractivity contribution is 14.0. The van der Waals surface area contributed by atoms with Crippen LogP contribution in [0.4, 0.5) is 10.1 Å². The maximum atomic E-state index is 12.9. The highest BCUT2D eigenvalue weighted by atomic mass is 127. The van der Waals surface area contributed by atoms with Gasteiger partial charge in [-0.25, -0.2) is 4.39 Å². The second-order valence-electron chi connectivity index (χ2n) is 5.44. The van der Waals surface area contributed by atoms with Gasteiger partial charge in [0.2, 0.25) is 0 Å². The van der Waals surface area contributed by atoms with Gasteiger partial charge in [-0.1, -0.05) is 6.92 Å². The Bertz CT molecular complexity index is 475. The summed E-state index contributed by atoms with van der Waals surface area (Å²) < 4.78 is 12.9. The van der Waals surface area contributed by atoms with E-state index in [-0.39, 0.29) is 42.3 Å². The van der Waals surface area contributed by atoms with Crippen molar-refractivity contribution >= 4 is 35.6 Å². The van der Waals surface area contributed by atoms with Gasteiger partial charge < -0.3 is 20.6 Å². The number of hydrogen-bond acceptors (Lipinski definition) is 3. The Morgan fingerprint density at radius 2 is 1.86 bits per heavy atom. The van der Waals surface area contributed by atoms with Gasteiger partial charge in [-0.15, -0.1) is 24.0 Å². The molecule has 1 aromatic rings. The first-order valence-corrected chi connectivity index (χ1v) is 7.26. The summed E-state index contributed by atoms with van der Waals surface area (Å²) in [7, 11) is 0. The fourth-order valence-corrected chi connectivity index (χ4v) is 2.25. The molecule has 1 fully saturated rings. The van der Waals surface area contributed by atoms with Crippen LogP contribution in [0.25, 0.3) is 0 Å². The number of halogens is 2. The third-order valence-corrected chi connectivity index (χ3v) is 3.67. The number of hydrogen-bond donors (Lipinski definition) is 2. The summed E-state index contributed by atoms with van der Waals surface area (Å²) in [5, 5.41) is 8.98. The molecule has 1 aromatic carbocycles. The van der Waals surface area contributed by atoms with Crippen molar-refractivity contribution in [2.45, 2.75) is 6.92 Å². The van der Waals surface area contributed by atoms with Gasteiger partial charge in [0.1, 0.15) is 5.82 Å². The molecule has 0 aliphatic carbocycles. The van der Waals surface area contributed by atoms with E-state index in [1.54, 1.807) is 12.1 Å². The van der Waals surface area contributed by atoms with E-state index in [2.05, 4.69) is 9.89 Å². The van der Waals surface area contributed by atoms with Gasteiger partial charge >= 0.3 is 0 Å². The number of guanidine groups is 1. The van der Waals surface area contributed by atoms with Crippen molar-refractivity contribution in [2.75, 3.05) is 44.2 Å². The van der Waals surface area contributed by atoms with E-state index in [9.17, 15) is 4.39 Å². The summed E-state index contributed by atoms with van der Waals surface area (Å²) in [6.45, 7) is 5.84. The van der Waals surface area contributed by atoms with E-state index in [4.69, 9.17) is 10.8 Å². The molecule has 1 aliphatic heterocycles. The van der Waals surface area contributed by atoms with Gasteiger partial charge in [-0.3, -0.25) is 4.99 Å². The van der Waals surface area contributed by atoms with Crippen molar-refractivity contribution in [3.8, 4) is 0 Å². The number of rotatable bonds is 4.